The van der Waals surface area contributed by atoms with E-state index in [9.17, 15) is 9.59 Å². The van der Waals surface area contributed by atoms with Crippen LogP contribution in [0.25, 0.3) is 0 Å². The minimum Gasteiger partial charge on any atom is -0.369 e. The quantitative estimate of drug-likeness (QED) is 0.907. The second kappa shape index (κ2) is 6.55. The number of carbonyl (C=O) groups excluding carboxylic acids is 2. The summed E-state index contributed by atoms with van der Waals surface area (Å²) in [5, 5.41) is 0. The summed E-state index contributed by atoms with van der Waals surface area (Å²) in [7, 11) is 0. The van der Waals surface area contributed by atoms with Crippen LogP contribution in [0.4, 0.5) is 0 Å². The van der Waals surface area contributed by atoms with E-state index in [2.05, 4.69) is 6.07 Å². The molecule has 0 aliphatic carbocycles. The van der Waals surface area contributed by atoms with E-state index in [-0.39, 0.29) is 17.7 Å². The van der Waals surface area contributed by atoms with Crippen LogP contribution in [0.3, 0.4) is 0 Å². The van der Waals surface area contributed by atoms with Gasteiger partial charge >= 0.3 is 0 Å². The predicted octanol–water partition coefficient (Wildman–Crippen LogP) is 1.65. The molecule has 1 saturated heterocycles. The molecule has 1 fully saturated rings. The largest absolute Gasteiger partial charge is 0.369 e. The summed E-state index contributed by atoms with van der Waals surface area (Å²) in [6.45, 7) is 3.28. The molecule has 0 spiro atoms. The fraction of sp³-hybridized carbons (Fsp3) is 0.500. The van der Waals surface area contributed by atoms with Crippen LogP contribution < -0.4 is 5.73 Å². The van der Waals surface area contributed by atoms with Crippen molar-refractivity contribution in [3.63, 3.8) is 0 Å². The molecule has 1 unspecified atom stereocenters. The molecule has 1 aromatic rings. The summed E-state index contributed by atoms with van der Waals surface area (Å²) >= 11 is 0. The van der Waals surface area contributed by atoms with Gasteiger partial charge in [0.2, 0.25) is 11.8 Å². The number of benzene rings is 1. The third-order valence-electron chi connectivity index (χ3n) is 3.89. The van der Waals surface area contributed by atoms with E-state index < -0.39 is 0 Å². The van der Waals surface area contributed by atoms with Crippen molar-refractivity contribution < 1.29 is 9.59 Å². The summed E-state index contributed by atoms with van der Waals surface area (Å²) < 4.78 is 0. The lowest BCUT2D eigenvalue weighted by atomic mass is 9.97. The highest BCUT2D eigenvalue weighted by Crippen LogP contribution is 2.17. The Hall–Kier alpha value is -1.84. The number of hydrogen-bond acceptors (Lipinski definition) is 2. The van der Waals surface area contributed by atoms with Crippen molar-refractivity contribution in [2.75, 3.05) is 13.1 Å². The van der Waals surface area contributed by atoms with Gasteiger partial charge in [0.1, 0.15) is 0 Å². The van der Waals surface area contributed by atoms with Gasteiger partial charge in [0.05, 0.1) is 5.92 Å². The molecular formula is C16H22N2O2. The summed E-state index contributed by atoms with van der Waals surface area (Å²) in [5.74, 6) is -0.342. The highest BCUT2D eigenvalue weighted by atomic mass is 16.2. The van der Waals surface area contributed by atoms with Crippen LogP contribution in [0.5, 0.6) is 0 Å². The van der Waals surface area contributed by atoms with Crippen molar-refractivity contribution in [1.82, 2.24) is 4.90 Å². The molecule has 2 rings (SSSR count). The second-order valence-electron chi connectivity index (χ2n) is 5.57. The Morgan fingerprint density at radius 3 is 2.90 bits per heavy atom. The Labute approximate surface area is 119 Å². The van der Waals surface area contributed by atoms with Gasteiger partial charge in [0.25, 0.3) is 0 Å². The molecule has 108 valence electrons. The zero-order valence-electron chi connectivity index (χ0n) is 12.0. The molecule has 1 heterocycles. The molecule has 4 nitrogen and oxygen atoms in total. The topological polar surface area (TPSA) is 63.4 Å². The molecule has 1 aromatic carbocycles. The monoisotopic (exact) mass is 274 g/mol. The first-order chi connectivity index (χ1) is 9.56. The lowest BCUT2D eigenvalue weighted by Crippen LogP contribution is -2.44. The van der Waals surface area contributed by atoms with Gasteiger partial charge in [-0.25, -0.2) is 0 Å². The lowest BCUT2D eigenvalue weighted by molar-refractivity contribution is -0.134. The first-order valence-corrected chi connectivity index (χ1v) is 7.19. The van der Waals surface area contributed by atoms with Crippen molar-refractivity contribution in [3.8, 4) is 0 Å². The molecule has 0 aromatic heterocycles. The van der Waals surface area contributed by atoms with Gasteiger partial charge in [-0.05, 0) is 31.7 Å². The van der Waals surface area contributed by atoms with Gasteiger partial charge in [-0.1, -0.05) is 29.8 Å². The van der Waals surface area contributed by atoms with Gasteiger partial charge in [0.15, 0.2) is 0 Å². The highest BCUT2D eigenvalue weighted by Gasteiger charge is 2.26. The second-order valence-corrected chi connectivity index (χ2v) is 5.57. The molecule has 1 atom stereocenters. The summed E-state index contributed by atoms with van der Waals surface area (Å²) in [6, 6.07) is 8.21. The average molecular weight is 274 g/mol. The maximum Gasteiger partial charge on any atom is 0.222 e. The Morgan fingerprint density at radius 2 is 2.20 bits per heavy atom. The predicted molar refractivity (Wildman–Crippen MR) is 78.0 cm³/mol. The van der Waals surface area contributed by atoms with Crippen LogP contribution in [-0.2, 0) is 16.0 Å². The SMILES string of the molecule is Cc1cccc(CCC(=O)N2CCCC(C(N)=O)C2)c1. The first kappa shape index (κ1) is 14.6. The number of nitrogens with two attached hydrogens (primary N) is 1. The minimum atomic E-state index is -0.291. The Kier molecular flexibility index (Phi) is 4.77. The van der Waals surface area contributed by atoms with Gasteiger partial charge in [-0.3, -0.25) is 9.59 Å². The fourth-order valence-corrected chi connectivity index (χ4v) is 2.71. The van der Waals surface area contributed by atoms with E-state index in [0.717, 1.165) is 25.8 Å². The fourth-order valence-electron chi connectivity index (χ4n) is 2.71. The zero-order chi connectivity index (χ0) is 14.5. The average Bonchev–Trinajstić information content (AvgIpc) is 2.45. The van der Waals surface area contributed by atoms with Crippen LogP contribution in [0.1, 0.15) is 30.4 Å². The number of nitrogens with zero attached hydrogens (tertiary/aromatic N) is 1. The van der Waals surface area contributed by atoms with E-state index in [1.54, 1.807) is 4.90 Å². The summed E-state index contributed by atoms with van der Waals surface area (Å²) in [6.07, 6.45) is 2.91. The number of rotatable bonds is 4. The van der Waals surface area contributed by atoms with Crippen molar-refractivity contribution >= 4 is 11.8 Å². The third kappa shape index (κ3) is 3.83. The number of carbonyl (C=O) groups is 2. The molecule has 4 heteroatoms. The summed E-state index contributed by atoms with van der Waals surface area (Å²) in [5.41, 5.74) is 7.73. The first-order valence-electron chi connectivity index (χ1n) is 7.19. The number of likely N-dealkylation sites (tertiary alicyclic amines) is 1. The molecule has 2 amide bonds. The van der Waals surface area contributed by atoms with Crippen LogP contribution in [0.2, 0.25) is 0 Å². The zero-order valence-corrected chi connectivity index (χ0v) is 12.0. The maximum absolute atomic E-state index is 12.2. The number of aryl methyl sites for hydroxylation is 2. The van der Waals surface area contributed by atoms with E-state index in [4.69, 9.17) is 5.73 Å². The van der Waals surface area contributed by atoms with E-state index in [1.807, 2.05) is 25.1 Å². The van der Waals surface area contributed by atoms with E-state index in [0.29, 0.717) is 13.0 Å². The Morgan fingerprint density at radius 1 is 1.40 bits per heavy atom. The van der Waals surface area contributed by atoms with Crippen LogP contribution in [-0.4, -0.2) is 29.8 Å². The molecule has 2 N–H and O–H groups in total. The molecule has 0 radical (unpaired) electrons. The number of primary amides is 1. The van der Waals surface area contributed by atoms with Gasteiger partial charge < -0.3 is 10.6 Å². The minimum absolute atomic E-state index is 0.123. The molecular weight excluding hydrogens is 252 g/mol. The normalized spacial score (nSPS) is 18.9. The third-order valence-corrected chi connectivity index (χ3v) is 3.89. The number of hydrogen-bond donors (Lipinski definition) is 1. The van der Waals surface area contributed by atoms with E-state index in [1.165, 1.54) is 11.1 Å². The van der Waals surface area contributed by atoms with Crippen molar-refractivity contribution in [2.45, 2.75) is 32.6 Å². The summed E-state index contributed by atoms with van der Waals surface area (Å²) in [4.78, 5) is 25.2. The standard InChI is InChI=1S/C16H22N2O2/c1-12-4-2-5-13(10-12)7-8-15(19)18-9-3-6-14(11-18)16(17)20/h2,4-5,10,14H,3,6-9,11H2,1H3,(H2,17,20). The van der Waals surface area contributed by atoms with Gasteiger partial charge in [-0.2, -0.15) is 0 Å². The molecule has 0 bridgehead atoms. The molecule has 1 aliphatic rings. The highest BCUT2D eigenvalue weighted by molar-refractivity contribution is 5.80. The molecule has 1 aliphatic heterocycles. The number of piperidine rings is 1. The van der Waals surface area contributed by atoms with Crippen molar-refractivity contribution in [1.29, 1.82) is 0 Å². The van der Waals surface area contributed by atoms with Crippen LogP contribution in [0, 0.1) is 12.8 Å². The van der Waals surface area contributed by atoms with Gasteiger partial charge in [0, 0.05) is 19.5 Å². The smallest absolute Gasteiger partial charge is 0.222 e. The maximum atomic E-state index is 12.2. The Balaban J connectivity index is 1.87. The number of amides is 2. The van der Waals surface area contributed by atoms with Crippen LogP contribution >= 0.6 is 0 Å². The van der Waals surface area contributed by atoms with Crippen molar-refractivity contribution in [2.24, 2.45) is 11.7 Å². The Bertz CT molecular complexity index is 499. The van der Waals surface area contributed by atoms with Crippen LogP contribution in [0.15, 0.2) is 24.3 Å². The van der Waals surface area contributed by atoms with Crippen molar-refractivity contribution in [3.05, 3.63) is 35.4 Å². The molecule has 20 heavy (non-hydrogen) atoms. The van der Waals surface area contributed by atoms with E-state index >= 15 is 0 Å². The lowest BCUT2D eigenvalue weighted by Gasteiger charge is -2.31. The molecule has 0 saturated carbocycles. The van der Waals surface area contributed by atoms with Gasteiger partial charge in [-0.15, -0.1) is 0 Å².